The van der Waals surface area contributed by atoms with Gasteiger partial charge >= 0.3 is 0 Å². The SMILES string of the molecule is CC1(CN2CCCN(C(=O)Cc3cccc(F)c3)CC2)CCNC1.Cl. The van der Waals surface area contributed by atoms with Crippen LogP contribution in [-0.4, -0.2) is 61.5 Å². The number of hydrogen-bond donors (Lipinski definition) is 1. The predicted molar refractivity (Wildman–Crippen MR) is 101 cm³/mol. The van der Waals surface area contributed by atoms with E-state index in [-0.39, 0.29) is 24.1 Å². The molecule has 4 nitrogen and oxygen atoms in total. The second-order valence-corrected chi connectivity index (χ2v) is 7.55. The molecule has 0 saturated carbocycles. The fourth-order valence-electron chi connectivity index (χ4n) is 3.86. The summed E-state index contributed by atoms with van der Waals surface area (Å²) in [6.45, 7) is 9.23. The first kappa shape index (κ1) is 20.1. The maximum absolute atomic E-state index is 13.3. The second-order valence-electron chi connectivity index (χ2n) is 7.55. The van der Waals surface area contributed by atoms with Crippen molar-refractivity contribution >= 4 is 18.3 Å². The molecule has 1 unspecified atom stereocenters. The van der Waals surface area contributed by atoms with Gasteiger partial charge < -0.3 is 15.1 Å². The van der Waals surface area contributed by atoms with Crippen molar-refractivity contribution in [3.8, 4) is 0 Å². The lowest BCUT2D eigenvalue weighted by Gasteiger charge is -2.31. The summed E-state index contributed by atoms with van der Waals surface area (Å²) in [6.07, 6.45) is 2.53. The Morgan fingerprint density at radius 2 is 2.12 bits per heavy atom. The quantitative estimate of drug-likeness (QED) is 0.884. The minimum Gasteiger partial charge on any atom is -0.341 e. The molecule has 2 saturated heterocycles. The Labute approximate surface area is 156 Å². The molecule has 0 aliphatic carbocycles. The highest BCUT2D eigenvalue weighted by Crippen LogP contribution is 2.26. The van der Waals surface area contributed by atoms with Crippen LogP contribution in [0.5, 0.6) is 0 Å². The third-order valence-corrected chi connectivity index (χ3v) is 5.25. The van der Waals surface area contributed by atoms with Gasteiger partial charge in [0.1, 0.15) is 5.82 Å². The lowest BCUT2D eigenvalue weighted by Crippen LogP contribution is -2.40. The summed E-state index contributed by atoms with van der Waals surface area (Å²) in [5.74, 6) is -0.169. The van der Waals surface area contributed by atoms with Crippen LogP contribution in [0.25, 0.3) is 0 Å². The zero-order valence-corrected chi connectivity index (χ0v) is 15.8. The molecule has 1 N–H and O–H groups in total. The van der Waals surface area contributed by atoms with E-state index in [9.17, 15) is 9.18 Å². The second kappa shape index (κ2) is 8.97. The van der Waals surface area contributed by atoms with Gasteiger partial charge in [0.15, 0.2) is 0 Å². The fourth-order valence-corrected chi connectivity index (χ4v) is 3.86. The molecule has 0 aromatic heterocycles. The summed E-state index contributed by atoms with van der Waals surface area (Å²) in [4.78, 5) is 17.0. The minimum absolute atomic E-state index is 0. The molecule has 140 valence electrons. The minimum atomic E-state index is -0.277. The largest absolute Gasteiger partial charge is 0.341 e. The Morgan fingerprint density at radius 3 is 2.84 bits per heavy atom. The van der Waals surface area contributed by atoms with Gasteiger partial charge in [-0.2, -0.15) is 0 Å². The summed E-state index contributed by atoms with van der Waals surface area (Å²) >= 11 is 0. The maximum atomic E-state index is 13.3. The Bertz CT molecular complexity index is 578. The average molecular weight is 370 g/mol. The number of halogens is 2. The van der Waals surface area contributed by atoms with Crippen LogP contribution in [0, 0.1) is 11.2 Å². The molecule has 0 spiro atoms. The molecule has 2 fully saturated rings. The van der Waals surface area contributed by atoms with Crippen LogP contribution in [-0.2, 0) is 11.2 Å². The standard InChI is InChI=1S/C19H28FN3O.ClH/c1-19(6-7-21-14-19)15-22-8-3-9-23(11-10-22)18(24)13-16-4-2-5-17(20)12-16;/h2,4-5,12,21H,3,6-11,13-15H2,1H3;1H. The van der Waals surface area contributed by atoms with Gasteiger partial charge in [-0.1, -0.05) is 19.1 Å². The normalized spacial score (nSPS) is 24.6. The van der Waals surface area contributed by atoms with E-state index in [1.54, 1.807) is 6.07 Å². The molecule has 25 heavy (non-hydrogen) atoms. The topological polar surface area (TPSA) is 35.6 Å². The lowest BCUT2D eigenvalue weighted by atomic mass is 9.89. The van der Waals surface area contributed by atoms with E-state index >= 15 is 0 Å². The van der Waals surface area contributed by atoms with E-state index in [1.165, 1.54) is 18.6 Å². The van der Waals surface area contributed by atoms with E-state index in [0.29, 0.717) is 11.8 Å². The van der Waals surface area contributed by atoms with Crippen molar-refractivity contribution in [1.29, 1.82) is 0 Å². The fraction of sp³-hybridized carbons (Fsp3) is 0.632. The van der Waals surface area contributed by atoms with Crippen molar-refractivity contribution in [1.82, 2.24) is 15.1 Å². The first-order chi connectivity index (χ1) is 11.5. The number of rotatable bonds is 4. The van der Waals surface area contributed by atoms with Gasteiger partial charge in [0.25, 0.3) is 0 Å². The maximum Gasteiger partial charge on any atom is 0.227 e. The van der Waals surface area contributed by atoms with Gasteiger partial charge in [0.05, 0.1) is 6.42 Å². The molecule has 1 amide bonds. The molecule has 1 atom stereocenters. The number of carbonyl (C=O) groups is 1. The monoisotopic (exact) mass is 369 g/mol. The van der Waals surface area contributed by atoms with Crippen LogP contribution in [0.4, 0.5) is 4.39 Å². The van der Waals surface area contributed by atoms with Gasteiger partial charge in [-0.05, 0) is 49.0 Å². The Hall–Kier alpha value is -1.17. The molecule has 3 rings (SSSR count). The van der Waals surface area contributed by atoms with Crippen molar-refractivity contribution in [3.05, 3.63) is 35.6 Å². The summed E-state index contributed by atoms with van der Waals surface area (Å²) in [7, 11) is 0. The van der Waals surface area contributed by atoms with E-state index in [0.717, 1.165) is 57.8 Å². The zero-order chi connectivity index (χ0) is 17.0. The van der Waals surface area contributed by atoms with Crippen LogP contribution in [0.1, 0.15) is 25.3 Å². The van der Waals surface area contributed by atoms with E-state index < -0.39 is 0 Å². The molecule has 6 heteroatoms. The van der Waals surface area contributed by atoms with Crippen LogP contribution in [0.2, 0.25) is 0 Å². The van der Waals surface area contributed by atoms with Crippen LogP contribution >= 0.6 is 12.4 Å². The van der Waals surface area contributed by atoms with Gasteiger partial charge in [-0.15, -0.1) is 12.4 Å². The van der Waals surface area contributed by atoms with Crippen molar-refractivity contribution in [2.45, 2.75) is 26.2 Å². The van der Waals surface area contributed by atoms with Gasteiger partial charge in [0.2, 0.25) is 5.91 Å². The highest BCUT2D eigenvalue weighted by atomic mass is 35.5. The number of nitrogens with zero attached hydrogens (tertiary/aromatic N) is 2. The summed E-state index contributed by atoms with van der Waals surface area (Å²) in [6, 6.07) is 6.35. The van der Waals surface area contributed by atoms with Gasteiger partial charge in [0, 0.05) is 32.7 Å². The zero-order valence-electron chi connectivity index (χ0n) is 15.0. The molecule has 0 radical (unpaired) electrons. The number of benzene rings is 1. The summed E-state index contributed by atoms with van der Waals surface area (Å²) in [5.41, 5.74) is 1.12. The lowest BCUT2D eigenvalue weighted by molar-refractivity contribution is -0.130. The average Bonchev–Trinajstić information content (AvgIpc) is 2.82. The Balaban J connectivity index is 0.00000225. The molecule has 0 bridgehead atoms. The van der Waals surface area contributed by atoms with Crippen LogP contribution < -0.4 is 5.32 Å². The van der Waals surface area contributed by atoms with Crippen molar-refractivity contribution in [3.63, 3.8) is 0 Å². The third-order valence-electron chi connectivity index (χ3n) is 5.25. The van der Waals surface area contributed by atoms with Crippen molar-refractivity contribution < 1.29 is 9.18 Å². The predicted octanol–water partition coefficient (Wildman–Crippen LogP) is 2.32. The smallest absolute Gasteiger partial charge is 0.227 e. The molecule has 2 aliphatic rings. The first-order valence-corrected chi connectivity index (χ1v) is 8.99. The van der Waals surface area contributed by atoms with Gasteiger partial charge in [-0.25, -0.2) is 4.39 Å². The highest BCUT2D eigenvalue weighted by molar-refractivity contribution is 5.85. The van der Waals surface area contributed by atoms with E-state index in [2.05, 4.69) is 17.1 Å². The Kier molecular flexibility index (Phi) is 7.23. The van der Waals surface area contributed by atoms with Gasteiger partial charge in [-0.3, -0.25) is 4.79 Å². The first-order valence-electron chi connectivity index (χ1n) is 8.99. The highest BCUT2D eigenvalue weighted by Gasteiger charge is 2.31. The molecule has 1 aromatic rings. The van der Waals surface area contributed by atoms with E-state index in [4.69, 9.17) is 0 Å². The summed E-state index contributed by atoms with van der Waals surface area (Å²) < 4.78 is 13.3. The van der Waals surface area contributed by atoms with Crippen molar-refractivity contribution in [2.75, 3.05) is 45.8 Å². The number of nitrogens with one attached hydrogen (secondary N) is 1. The van der Waals surface area contributed by atoms with E-state index in [1.807, 2.05) is 11.0 Å². The number of amides is 1. The van der Waals surface area contributed by atoms with Crippen LogP contribution in [0.3, 0.4) is 0 Å². The molecule has 2 heterocycles. The Morgan fingerprint density at radius 1 is 1.28 bits per heavy atom. The molecular weight excluding hydrogens is 341 g/mol. The number of hydrogen-bond acceptors (Lipinski definition) is 3. The molecular formula is C19H29ClFN3O. The third kappa shape index (κ3) is 5.66. The molecule has 1 aromatic carbocycles. The molecule has 2 aliphatic heterocycles. The summed E-state index contributed by atoms with van der Waals surface area (Å²) in [5, 5.41) is 3.46. The van der Waals surface area contributed by atoms with Crippen LogP contribution in [0.15, 0.2) is 24.3 Å². The number of carbonyl (C=O) groups excluding carboxylic acids is 1. The van der Waals surface area contributed by atoms with Crippen molar-refractivity contribution in [2.24, 2.45) is 5.41 Å².